The van der Waals surface area contributed by atoms with Crippen molar-refractivity contribution < 1.29 is 9.84 Å². The van der Waals surface area contributed by atoms with Crippen molar-refractivity contribution >= 4 is 27.5 Å². The fourth-order valence-corrected chi connectivity index (χ4v) is 1.64. The van der Waals surface area contributed by atoms with Crippen LogP contribution in [-0.2, 0) is 0 Å². The molecule has 0 bridgehead atoms. The highest BCUT2D eigenvalue weighted by molar-refractivity contribution is 9.10. The summed E-state index contributed by atoms with van der Waals surface area (Å²) in [6, 6.07) is 5.55. The Kier molecular flexibility index (Phi) is 5.32. The van der Waals surface area contributed by atoms with Crippen LogP contribution in [0.5, 0.6) is 5.75 Å². The first-order valence-electron chi connectivity index (χ1n) is 4.90. The maximum atomic E-state index is 9.61. The van der Waals surface area contributed by atoms with Gasteiger partial charge < -0.3 is 9.84 Å². The first kappa shape index (κ1) is 13.6. The molecule has 2 nitrogen and oxygen atoms in total. The summed E-state index contributed by atoms with van der Waals surface area (Å²) in [6.07, 6.45) is -0.562. The van der Waals surface area contributed by atoms with Gasteiger partial charge >= 0.3 is 0 Å². The van der Waals surface area contributed by atoms with E-state index in [2.05, 4.69) is 15.9 Å². The maximum absolute atomic E-state index is 9.61. The summed E-state index contributed by atoms with van der Waals surface area (Å²) in [4.78, 5) is 0. The monoisotopic (exact) mass is 304 g/mol. The number of benzene rings is 1. The zero-order valence-corrected chi connectivity index (χ0v) is 11.5. The third kappa shape index (κ3) is 3.81. The number of rotatable bonds is 4. The van der Waals surface area contributed by atoms with Crippen molar-refractivity contribution in [3.05, 3.63) is 39.3 Å². The topological polar surface area (TPSA) is 29.5 Å². The number of ether oxygens (including phenoxy) is 1. The Morgan fingerprint density at radius 2 is 2.31 bits per heavy atom. The molecule has 0 aromatic heterocycles. The van der Waals surface area contributed by atoms with E-state index >= 15 is 0 Å². The molecular weight excluding hydrogens is 291 g/mol. The van der Waals surface area contributed by atoms with E-state index < -0.39 is 6.10 Å². The molecule has 0 saturated carbocycles. The van der Waals surface area contributed by atoms with Gasteiger partial charge in [-0.2, -0.15) is 0 Å². The highest BCUT2D eigenvalue weighted by Gasteiger charge is 2.09. The summed E-state index contributed by atoms with van der Waals surface area (Å²) >= 11 is 8.91. The lowest BCUT2D eigenvalue weighted by atomic mass is 10.1. The van der Waals surface area contributed by atoms with E-state index in [1.807, 2.05) is 25.1 Å². The molecule has 0 heterocycles. The lowest BCUT2D eigenvalue weighted by molar-refractivity contribution is 0.192. The van der Waals surface area contributed by atoms with E-state index in [-0.39, 0.29) is 0 Å². The lowest BCUT2D eigenvalue weighted by Crippen LogP contribution is -2.03. The first-order chi connectivity index (χ1) is 7.54. The van der Waals surface area contributed by atoms with E-state index in [0.29, 0.717) is 12.4 Å². The average Bonchev–Trinajstić information content (AvgIpc) is 2.26. The van der Waals surface area contributed by atoms with Crippen molar-refractivity contribution in [2.24, 2.45) is 0 Å². The van der Waals surface area contributed by atoms with Crippen molar-refractivity contribution in [3.8, 4) is 5.75 Å². The molecule has 1 aromatic carbocycles. The van der Waals surface area contributed by atoms with Gasteiger partial charge in [0.05, 0.1) is 6.10 Å². The SMILES string of the molecule is C/C(=C\Cl)COc1ccc(Br)cc1[C@@H](C)O. The highest BCUT2D eigenvalue weighted by atomic mass is 79.9. The molecular formula is C12H14BrClO2. The number of aliphatic hydroxyl groups is 1. The van der Waals surface area contributed by atoms with Gasteiger partial charge in [0.1, 0.15) is 12.4 Å². The molecule has 0 aliphatic rings. The third-order valence-electron chi connectivity index (χ3n) is 2.06. The van der Waals surface area contributed by atoms with E-state index in [1.54, 1.807) is 6.92 Å². The molecule has 0 amide bonds. The molecule has 1 N–H and O–H groups in total. The number of hydrogen-bond donors (Lipinski definition) is 1. The van der Waals surface area contributed by atoms with Crippen molar-refractivity contribution in [1.29, 1.82) is 0 Å². The van der Waals surface area contributed by atoms with Gasteiger partial charge in [-0.3, -0.25) is 0 Å². The summed E-state index contributed by atoms with van der Waals surface area (Å²) in [5.74, 6) is 0.677. The molecule has 88 valence electrons. The van der Waals surface area contributed by atoms with E-state index in [9.17, 15) is 5.11 Å². The molecule has 1 atom stereocenters. The van der Waals surface area contributed by atoms with Gasteiger partial charge in [-0.1, -0.05) is 27.5 Å². The van der Waals surface area contributed by atoms with Gasteiger partial charge in [0.15, 0.2) is 0 Å². The Hall–Kier alpha value is -0.510. The van der Waals surface area contributed by atoms with E-state index in [1.165, 1.54) is 5.54 Å². The highest BCUT2D eigenvalue weighted by Crippen LogP contribution is 2.28. The van der Waals surface area contributed by atoms with E-state index in [0.717, 1.165) is 15.6 Å². The third-order valence-corrected chi connectivity index (χ3v) is 2.93. The van der Waals surface area contributed by atoms with Crippen LogP contribution in [0.15, 0.2) is 33.8 Å². The van der Waals surface area contributed by atoms with Gasteiger partial charge in [0.2, 0.25) is 0 Å². The van der Waals surface area contributed by atoms with Crippen molar-refractivity contribution in [3.63, 3.8) is 0 Å². The van der Waals surface area contributed by atoms with Gasteiger partial charge in [-0.15, -0.1) is 0 Å². The van der Waals surface area contributed by atoms with Crippen LogP contribution in [0.25, 0.3) is 0 Å². The Labute approximate surface area is 109 Å². The summed E-state index contributed by atoms with van der Waals surface area (Å²) in [5.41, 5.74) is 3.18. The predicted molar refractivity (Wildman–Crippen MR) is 69.9 cm³/mol. The fourth-order valence-electron chi connectivity index (χ4n) is 1.20. The van der Waals surface area contributed by atoms with Crippen LogP contribution in [0, 0.1) is 0 Å². The van der Waals surface area contributed by atoms with Gasteiger partial charge in [0, 0.05) is 15.6 Å². The molecule has 0 aliphatic carbocycles. The minimum absolute atomic E-state index is 0.421. The normalized spacial score (nSPS) is 13.7. The molecule has 4 heteroatoms. The largest absolute Gasteiger partial charge is 0.489 e. The number of halogens is 2. The fraction of sp³-hybridized carbons (Fsp3) is 0.333. The van der Waals surface area contributed by atoms with Gasteiger partial charge in [-0.05, 0) is 37.6 Å². The minimum Gasteiger partial charge on any atom is -0.489 e. The van der Waals surface area contributed by atoms with Gasteiger partial charge in [-0.25, -0.2) is 0 Å². The summed E-state index contributed by atoms with van der Waals surface area (Å²) in [6.45, 7) is 4.01. The molecule has 0 fully saturated rings. The summed E-state index contributed by atoms with van der Waals surface area (Å²) in [7, 11) is 0. The molecule has 0 unspecified atom stereocenters. The Morgan fingerprint density at radius 3 is 2.88 bits per heavy atom. The second-order valence-corrected chi connectivity index (χ2v) is 4.74. The zero-order chi connectivity index (χ0) is 12.1. The van der Waals surface area contributed by atoms with Crippen LogP contribution in [0.1, 0.15) is 25.5 Å². The molecule has 0 radical (unpaired) electrons. The lowest BCUT2D eigenvalue weighted by Gasteiger charge is -2.13. The van der Waals surface area contributed by atoms with Crippen LogP contribution < -0.4 is 4.74 Å². The van der Waals surface area contributed by atoms with Crippen molar-refractivity contribution in [2.45, 2.75) is 20.0 Å². The van der Waals surface area contributed by atoms with Crippen LogP contribution in [0.3, 0.4) is 0 Å². The average molecular weight is 306 g/mol. The quantitative estimate of drug-likeness (QED) is 0.910. The minimum atomic E-state index is -0.562. The van der Waals surface area contributed by atoms with Gasteiger partial charge in [0.25, 0.3) is 0 Å². The molecule has 0 saturated heterocycles. The van der Waals surface area contributed by atoms with Crippen LogP contribution in [-0.4, -0.2) is 11.7 Å². The Bertz CT molecular complexity index is 389. The van der Waals surface area contributed by atoms with Crippen molar-refractivity contribution in [1.82, 2.24) is 0 Å². The second-order valence-electron chi connectivity index (χ2n) is 3.60. The molecule has 1 aromatic rings. The number of hydrogen-bond acceptors (Lipinski definition) is 2. The Morgan fingerprint density at radius 1 is 1.62 bits per heavy atom. The first-order valence-corrected chi connectivity index (χ1v) is 6.13. The summed E-state index contributed by atoms with van der Waals surface area (Å²) < 4.78 is 6.49. The van der Waals surface area contributed by atoms with E-state index in [4.69, 9.17) is 16.3 Å². The van der Waals surface area contributed by atoms with Crippen LogP contribution in [0.4, 0.5) is 0 Å². The van der Waals surface area contributed by atoms with Crippen LogP contribution >= 0.6 is 27.5 Å². The molecule has 0 aliphatic heterocycles. The molecule has 16 heavy (non-hydrogen) atoms. The second kappa shape index (κ2) is 6.28. The van der Waals surface area contributed by atoms with Crippen LogP contribution in [0.2, 0.25) is 0 Å². The molecule has 1 rings (SSSR count). The predicted octanol–water partition coefficient (Wildman–Crippen LogP) is 4.02. The maximum Gasteiger partial charge on any atom is 0.125 e. The standard InChI is InChI=1S/C12H14BrClO2/c1-8(6-14)7-16-12-4-3-10(13)5-11(12)9(2)15/h3-6,9,15H,7H2,1-2H3/b8-6+/t9-/m1/s1. The van der Waals surface area contributed by atoms with Crippen molar-refractivity contribution in [2.75, 3.05) is 6.61 Å². The summed E-state index contributed by atoms with van der Waals surface area (Å²) in [5, 5.41) is 9.61. The number of aliphatic hydroxyl groups excluding tert-OH is 1. The smallest absolute Gasteiger partial charge is 0.125 e. The Balaban J connectivity index is 2.87. The zero-order valence-electron chi connectivity index (χ0n) is 9.21. The molecule has 0 spiro atoms.